The maximum atomic E-state index is 4.00. The number of rotatable bonds is 2. The zero-order valence-corrected chi connectivity index (χ0v) is 37.9. The molecule has 0 bridgehead atoms. The second-order valence-corrected chi connectivity index (χ2v) is 25.4. The topological polar surface area (TPSA) is 15.3 Å². The van der Waals surface area contributed by atoms with Gasteiger partial charge in [0.25, 0.3) is 0 Å². The largest absolute Gasteiger partial charge is 0.355 e. The number of hydrogen-bond donors (Lipinski definition) is 1. The first kappa shape index (κ1) is 37.5. The van der Waals surface area contributed by atoms with E-state index in [0.717, 1.165) is 7.28 Å². The average Bonchev–Trinajstić information content (AvgIpc) is 3.18. The summed E-state index contributed by atoms with van der Waals surface area (Å²) in [5, 5.41) is 6.97. The molecular weight excluding hydrogens is 716 g/mol. The van der Waals surface area contributed by atoms with Crippen LogP contribution in [0.25, 0.3) is 11.1 Å². The van der Waals surface area contributed by atoms with Crippen LogP contribution in [0.5, 0.6) is 0 Å². The molecule has 0 radical (unpaired) electrons. The van der Waals surface area contributed by atoms with Crippen LogP contribution in [0.4, 0.5) is 28.4 Å². The van der Waals surface area contributed by atoms with Crippen LogP contribution in [0.3, 0.4) is 0 Å². The summed E-state index contributed by atoms with van der Waals surface area (Å²) in [6.45, 7) is 29.3. The van der Waals surface area contributed by atoms with Crippen LogP contribution in [0.15, 0.2) is 103 Å². The summed E-state index contributed by atoms with van der Waals surface area (Å²) >= 11 is 0. The van der Waals surface area contributed by atoms with Gasteiger partial charge in [0.05, 0.1) is 0 Å². The molecule has 2 aliphatic heterocycles. The van der Waals surface area contributed by atoms with Crippen molar-refractivity contribution >= 4 is 65.1 Å². The molecule has 0 saturated heterocycles. The number of fused-ring (bicyclic) bond motifs is 7. The number of aryl methyl sites for hydroxylation is 2. The third-order valence-electron chi connectivity index (χ3n) is 15.4. The lowest BCUT2D eigenvalue weighted by Crippen LogP contribution is -2.57. The zero-order valence-electron chi connectivity index (χ0n) is 36.9. The Hall–Kier alpha value is -4.80. The highest BCUT2D eigenvalue weighted by molar-refractivity contribution is 7.02. The summed E-state index contributed by atoms with van der Waals surface area (Å²) in [5.74, 6) is 0. The highest BCUT2D eigenvalue weighted by Gasteiger charge is 2.44. The molecule has 2 heterocycles. The Balaban J connectivity index is 1.27. The third kappa shape index (κ3) is 5.16. The monoisotopic (exact) mass is 774 g/mol. The van der Waals surface area contributed by atoms with Crippen molar-refractivity contribution in [1.82, 2.24) is 0 Å². The molecule has 6 aromatic rings. The van der Waals surface area contributed by atoms with Crippen molar-refractivity contribution in [3.05, 3.63) is 148 Å². The summed E-state index contributed by atoms with van der Waals surface area (Å²) in [5.41, 5.74) is 23.4. The van der Waals surface area contributed by atoms with Gasteiger partial charge in [0.15, 0.2) is 7.28 Å². The second-order valence-electron chi connectivity index (χ2n) is 21.1. The van der Waals surface area contributed by atoms with Gasteiger partial charge in [-0.2, -0.15) is 0 Å². The van der Waals surface area contributed by atoms with Gasteiger partial charge < -0.3 is 10.2 Å². The van der Waals surface area contributed by atoms with Crippen molar-refractivity contribution in [2.45, 2.75) is 117 Å². The van der Waals surface area contributed by atoms with Gasteiger partial charge in [-0.25, -0.2) is 0 Å². The Morgan fingerprint density at radius 2 is 1.14 bits per heavy atom. The van der Waals surface area contributed by atoms with E-state index in [4.69, 9.17) is 0 Å². The van der Waals surface area contributed by atoms with Crippen molar-refractivity contribution in [1.29, 1.82) is 0 Å². The van der Waals surface area contributed by atoms with Crippen LogP contribution in [-0.4, -0.2) is 15.4 Å². The predicted octanol–water partition coefficient (Wildman–Crippen LogP) is 11.3. The van der Waals surface area contributed by atoms with Gasteiger partial charge in [-0.05, 0) is 128 Å². The molecule has 1 N–H and O–H groups in total. The SMILES string of the molecule is Cc1cc(-c2cccc3c2Nc2ccccc2[Si]3(C)C)c2c(c1)N(c1cc3c(cc1C)C(C)(C)CCC3(C)C)c1cc3c(cc1B2)C(C)(C)c1ccccc1C3(C)C. The number of nitrogens with one attached hydrogen (secondary N) is 1. The highest BCUT2D eigenvalue weighted by atomic mass is 28.3. The van der Waals surface area contributed by atoms with Gasteiger partial charge in [0.2, 0.25) is 0 Å². The van der Waals surface area contributed by atoms with Gasteiger partial charge in [0, 0.05) is 44.8 Å². The van der Waals surface area contributed by atoms with Gasteiger partial charge in [0.1, 0.15) is 8.07 Å². The lowest BCUT2D eigenvalue weighted by Gasteiger charge is -2.46. The summed E-state index contributed by atoms with van der Waals surface area (Å²) < 4.78 is 0. The smallest absolute Gasteiger partial charge is 0.198 e. The molecule has 0 amide bonds. The lowest BCUT2D eigenvalue weighted by molar-refractivity contribution is 0.332. The molecule has 10 rings (SSSR count). The Morgan fingerprint density at radius 3 is 1.83 bits per heavy atom. The van der Waals surface area contributed by atoms with E-state index in [0.29, 0.717) is 0 Å². The van der Waals surface area contributed by atoms with Crippen molar-refractivity contribution in [2.24, 2.45) is 0 Å². The van der Waals surface area contributed by atoms with Crippen molar-refractivity contribution in [3.8, 4) is 11.1 Å². The molecular formula is C54H59BN2Si. The first-order valence-electron chi connectivity index (χ1n) is 21.7. The molecule has 4 heteroatoms. The first-order valence-corrected chi connectivity index (χ1v) is 24.7. The maximum absolute atomic E-state index is 4.00. The minimum atomic E-state index is -1.96. The van der Waals surface area contributed by atoms with Gasteiger partial charge in [-0.15, -0.1) is 0 Å². The van der Waals surface area contributed by atoms with Crippen LogP contribution in [0.2, 0.25) is 13.1 Å². The van der Waals surface area contributed by atoms with E-state index in [2.05, 4.69) is 196 Å². The number of anilines is 5. The number of nitrogens with zero attached hydrogens (tertiary/aromatic N) is 1. The van der Waals surface area contributed by atoms with Crippen LogP contribution < -0.4 is 31.5 Å². The van der Waals surface area contributed by atoms with Crippen molar-refractivity contribution < 1.29 is 0 Å². The molecule has 2 aliphatic carbocycles. The van der Waals surface area contributed by atoms with Crippen molar-refractivity contribution in [2.75, 3.05) is 10.2 Å². The number of benzene rings is 6. The van der Waals surface area contributed by atoms with E-state index in [1.165, 1.54) is 118 Å². The molecule has 0 unspecified atom stereocenters. The molecule has 0 fully saturated rings. The van der Waals surface area contributed by atoms with Gasteiger partial charge >= 0.3 is 0 Å². The molecule has 2 nitrogen and oxygen atoms in total. The predicted molar refractivity (Wildman–Crippen MR) is 255 cm³/mol. The van der Waals surface area contributed by atoms with Gasteiger partial charge in [-0.3, -0.25) is 0 Å². The van der Waals surface area contributed by atoms with Crippen molar-refractivity contribution in [3.63, 3.8) is 0 Å². The molecule has 4 aliphatic rings. The molecule has 292 valence electrons. The summed E-state index contributed by atoms with van der Waals surface area (Å²) in [6, 6.07) is 40.6. The fraction of sp³-hybridized carbons (Fsp3) is 0.333. The Kier molecular flexibility index (Phi) is 7.84. The normalized spacial score (nSPS) is 19.1. The zero-order chi connectivity index (χ0) is 40.9. The van der Waals surface area contributed by atoms with E-state index in [1.807, 2.05) is 0 Å². The average molecular weight is 775 g/mol. The first-order chi connectivity index (χ1) is 27.3. The van der Waals surface area contributed by atoms with Crippen LogP contribution in [0, 0.1) is 13.8 Å². The van der Waals surface area contributed by atoms with E-state index in [1.54, 1.807) is 0 Å². The fourth-order valence-corrected chi connectivity index (χ4v) is 14.6. The van der Waals surface area contributed by atoms with Crippen LogP contribution in [0.1, 0.15) is 113 Å². The number of hydrogen-bond acceptors (Lipinski definition) is 2. The Labute approximate surface area is 349 Å². The van der Waals surface area contributed by atoms with Crippen LogP contribution >= 0.6 is 0 Å². The Morgan fingerprint density at radius 1 is 0.552 bits per heavy atom. The minimum absolute atomic E-state index is 0.0971. The highest BCUT2D eigenvalue weighted by Crippen LogP contribution is 2.53. The van der Waals surface area contributed by atoms with Gasteiger partial charge in [-0.1, -0.05) is 153 Å². The minimum Gasteiger partial charge on any atom is -0.355 e. The molecule has 0 spiro atoms. The Bertz CT molecular complexity index is 2750. The second kappa shape index (κ2) is 12.1. The molecule has 0 atom stereocenters. The third-order valence-corrected chi connectivity index (χ3v) is 18.9. The summed E-state index contributed by atoms with van der Waals surface area (Å²) in [7, 11) is -1.08. The van der Waals surface area contributed by atoms with Crippen LogP contribution in [-0.2, 0) is 21.7 Å². The van der Waals surface area contributed by atoms with E-state index in [9.17, 15) is 0 Å². The van der Waals surface area contributed by atoms with E-state index >= 15 is 0 Å². The number of para-hydroxylation sites is 2. The summed E-state index contributed by atoms with van der Waals surface area (Å²) in [4.78, 5) is 2.69. The van der Waals surface area contributed by atoms with E-state index < -0.39 is 8.07 Å². The lowest BCUT2D eigenvalue weighted by atomic mass is 9.54. The fourth-order valence-electron chi connectivity index (χ4n) is 11.7. The van der Waals surface area contributed by atoms with E-state index in [-0.39, 0.29) is 21.7 Å². The molecule has 0 saturated carbocycles. The quantitative estimate of drug-likeness (QED) is 0.176. The standard InChI is InChI=1S/C54H59BN2Si/c1-32-26-35(34-18-17-23-48-50(34)56-43-21-15-16-22-47(43)58(48,11)12)49-46(27-32)57(44-30-39-38(28-33(44)2)51(3,4)24-25-52(39,5)6)45-31-41-40(29-42(45)55-49)53(7,8)36-19-13-14-20-37(36)54(41,9)10/h13-23,26-31,55-56H,24-25H2,1-12H3. The molecule has 0 aromatic heterocycles. The maximum Gasteiger partial charge on any atom is 0.198 e. The summed E-state index contributed by atoms with van der Waals surface area (Å²) in [6.07, 6.45) is 2.40. The molecule has 58 heavy (non-hydrogen) atoms. The molecule has 6 aromatic carbocycles.